The van der Waals surface area contributed by atoms with Gasteiger partial charge in [-0.15, -0.1) is 0 Å². The maximum absolute atomic E-state index is 13.3. The molecule has 0 aliphatic carbocycles. The molecule has 47 heavy (non-hydrogen) atoms. The molecule has 0 spiro atoms. The van der Waals surface area contributed by atoms with Crippen LogP contribution < -0.4 is 21.3 Å². The molecule has 13 heteroatoms. The average molecular weight is 657 g/mol. The maximum atomic E-state index is 13.3. The van der Waals surface area contributed by atoms with E-state index in [-0.39, 0.29) is 26.1 Å². The molecule has 0 aliphatic heterocycles. The number of unbranched alkanes of at least 4 members (excludes halogenated alkanes) is 2. The summed E-state index contributed by atoms with van der Waals surface area (Å²) >= 11 is 0. The Bertz CT molecular complexity index is 1250. The Labute approximate surface area is 276 Å². The molecule has 2 aromatic carbocycles. The SMILES string of the molecule is COC(=O)[C@@H](CCCCNC(=O)OCc1ccccc1)NC(=O)[C@@H](CCCCNC(=O)OCc1ccccc1)NC(=O)OC(C)(C)C. The minimum absolute atomic E-state index is 0.147. The van der Waals surface area contributed by atoms with E-state index in [9.17, 15) is 24.0 Å². The van der Waals surface area contributed by atoms with Gasteiger partial charge in [-0.05, 0) is 70.4 Å². The number of carbonyl (C=O) groups excluding carboxylic acids is 5. The molecule has 4 amide bonds. The summed E-state index contributed by atoms with van der Waals surface area (Å²) in [5.41, 5.74) is 0.951. The number of ether oxygens (including phenoxy) is 4. The number of hydrogen-bond acceptors (Lipinski definition) is 9. The van der Waals surface area contributed by atoms with Crippen molar-refractivity contribution in [1.29, 1.82) is 0 Å². The van der Waals surface area contributed by atoms with Crippen molar-refractivity contribution in [3.05, 3.63) is 71.8 Å². The number of rotatable bonds is 18. The lowest BCUT2D eigenvalue weighted by Crippen LogP contribution is -2.52. The first-order chi connectivity index (χ1) is 22.5. The van der Waals surface area contributed by atoms with Crippen LogP contribution in [0.3, 0.4) is 0 Å². The molecule has 0 saturated carbocycles. The fraction of sp³-hybridized carbons (Fsp3) is 0.500. The molecule has 0 unspecified atom stereocenters. The first-order valence-electron chi connectivity index (χ1n) is 15.7. The summed E-state index contributed by atoms with van der Waals surface area (Å²) in [6.07, 6.45) is 0.530. The third-order valence-electron chi connectivity index (χ3n) is 6.61. The Morgan fingerprint density at radius 1 is 0.638 bits per heavy atom. The number of carbonyl (C=O) groups is 5. The van der Waals surface area contributed by atoms with Crippen LogP contribution >= 0.6 is 0 Å². The largest absolute Gasteiger partial charge is 0.467 e. The van der Waals surface area contributed by atoms with Crippen LogP contribution in [0.1, 0.15) is 70.4 Å². The molecule has 2 atom stereocenters. The van der Waals surface area contributed by atoms with Crippen LogP contribution in [-0.4, -0.2) is 68.0 Å². The molecule has 2 aromatic rings. The van der Waals surface area contributed by atoms with E-state index < -0.39 is 47.8 Å². The second kappa shape index (κ2) is 21.1. The summed E-state index contributed by atoms with van der Waals surface area (Å²) in [4.78, 5) is 62.3. The van der Waals surface area contributed by atoms with Gasteiger partial charge in [0.1, 0.15) is 30.9 Å². The van der Waals surface area contributed by atoms with Gasteiger partial charge in [-0.3, -0.25) is 4.79 Å². The average Bonchev–Trinajstić information content (AvgIpc) is 3.04. The molecule has 258 valence electrons. The minimum Gasteiger partial charge on any atom is -0.467 e. The standard InChI is InChI=1S/C34H48N4O9/c1-34(2,3)47-33(43)38-27(19-11-13-21-35-31(41)45-23-25-15-7-5-8-16-25)29(39)37-28(30(40)44-4)20-12-14-22-36-32(42)46-24-26-17-9-6-10-18-26/h5-10,15-18,27-28H,11-14,19-24H2,1-4H3,(H,35,41)(H,36,42)(H,37,39)(H,38,43)/t27-,28-/m1/s1. The Morgan fingerprint density at radius 2 is 1.11 bits per heavy atom. The second-order valence-corrected chi connectivity index (χ2v) is 11.8. The van der Waals surface area contributed by atoms with E-state index in [1.54, 1.807) is 20.8 Å². The van der Waals surface area contributed by atoms with Gasteiger partial charge in [0.2, 0.25) is 5.91 Å². The smallest absolute Gasteiger partial charge is 0.408 e. The van der Waals surface area contributed by atoms with Gasteiger partial charge in [-0.1, -0.05) is 60.7 Å². The Balaban J connectivity index is 1.82. The molecule has 0 radical (unpaired) electrons. The highest BCUT2D eigenvalue weighted by Crippen LogP contribution is 2.10. The van der Waals surface area contributed by atoms with E-state index in [2.05, 4.69) is 21.3 Å². The van der Waals surface area contributed by atoms with Gasteiger partial charge in [0.15, 0.2) is 0 Å². The molecule has 0 aliphatic rings. The number of amides is 4. The normalized spacial score (nSPS) is 12.1. The Morgan fingerprint density at radius 3 is 1.55 bits per heavy atom. The Kier molecular flexibility index (Phi) is 17.2. The van der Waals surface area contributed by atoms with E-state index in [0.29, 0.717) is 38.8 Å². The van der Waals surface area contributed by atoms with Gasteiger partial charge in [0, 0.05) is 13.1 Å². The molecule has 13 nitrogen and oxygen atoms in total. The molecule has 0 bridgehead atoms. The summed E-state index contributed by atoms with van der Waals surface area (Å²) in [6, 6.07) is 16.6. The summed E-state index contributed by atoms with van der Waals surface area (Å²) in [5, 5.41) is 10.6. The van der Waals surface area contributed by atoms with Gasteiger partial charge < -0.3 is 40.2 Å². The molecule has 0 aromatic heterocycles. The lowest BCUT2D eigenvalue weighted by molar-refractivity contribution is -0.145. The third-order valence-corrected chi connectivity index (χ3v) is 6.61. The first-order valence-corrected chi connectivity index (χ1v) is 15.7. The van der Waals surface area contributed by atoms with Gasteiger partial charge in [-0.2, -0.15) is 0 Å². The lowest BCUT2D eigenvalue weighted by Gasteiger charge is -2.25. The van der Waals surface area contributed by atoms with Crippen molar-refractivity contribution >= 4 is 30.2 Å². The monoisotopic (exact) mass is 656 g/mol. The van der Waals surface area contributed by atoms with Crippen LogP contribution in [0.2, 0.25) is 0 Å². The zero-order valence-corrected chi connectivity index (χ0v) is 27.7. The van der Waals surface area contributed by atoms with Crippen molar-refractivity contribution in [2.24, 2.45) is 0 Å². The Hall–Kier alpha value is -4.81. The highest BCUT2D eigenvalue weighted by atomic mass is 16.6. The van der Waals surface area contributed by atoms with Crippen molar-refractivity contribution in [1.82, 2.24) is 21.3 Å². The summed E-state index contributed by atoms with van der Waals surface area (Å²) < 4.78 is 20.6. The molecule has 0 heterocycles. The van der Waals surface area contributed by atoms with E-state index >= 15 is 0 Å². The van der Waals surface area contributed by atoms with Crippen molar-refractivity contribution in [2.45, 2.75) is 90.2 Å². The summed E-state index contributed by atoms with van der Waals surface area (Å²) in [7, 11) is 1.22. The molecule has 0 fully saturated rings. The fourth-order valence-corrected chi connectivity index (χ4v) is 4.26. The number of esters is 1. The highest BCUT2D eigenvalue weighted by Gasteiger charge is 2.28. The van der Waals surface area contributed by atoms with E-state index in [4.69, 9.17) is 18.9 Å². The molecular formula is C34H48N4O9. The number of nitrogens with one attached hydrogen (secondary N) is 4. The molecule has 4 N–H and O–H groups in total. The first kappa shape index (κ1) is 38.4. The van der Waals surface area contributed by atoms with Gasteiger partial charge in [0.25, 0.3) is 0 Å². The van der Waals surface area contributed by atoms with Crippen LogP contribution in [-0.2, 0) is 41.8 Å². The molecule has 2 rings (SSSR count). The highest BCUT2D eigenvalue weighted by molar-refractivity contribution is 5.89. The van der Waals surface area contributed by atoms with Crippen LogP contribution in [0.25, 0.3) is 0 Å². The van der Waals surface area contributed by atoms with Crippen LogP contribution in [0.5, 0.6) is 0 Å². The number of methoxy groups -OCH3 is 1. The van der Waals surface area contributed by atoms with Crippen LogP contribution in [0.15, 0.2) is 60.7 Å². The summed E-state index contributed by atoms with van der Waals surface area (Å²) in [6.45, 7) is 6.02. The molecular weight excluding hydrogens is 608 g/mol. The zero-order chi connectivity index (χ0) is 34.5. The van der Waals surface area contributed by atoms with Gasteiger partial charge in [-0.25, -0.2) is 19.2 Å². The fourth-order valence-electron chi connectivity index (χ4n) is 4.26. The van der Waals surface area contributed by atoms with E-state index in [1.807, 2.05) is 60.7 Å². The second-order valence-electron chi connectivity index (χ2n) is 11.8. The van der Waals surface area contributed by atoms with Crippen LogP contribution in [0.4, 0.5) is 14.4 Å². The number of hydrogen-bond donors (Lipinski definition) is 4. The maximum Gasteiger partial charge on any atom is 0.408 e. The van der Waals surface area contributed by atoms with Crippen molar-refractivity contribution in [3.63, 3.8) is 0 Å². The molecule has 0 saturated heterocycles. The number of benzene rings is 2. The van der Waals surface area contributed by atoms with Crippen LogP contribution in [0, 0.1) is 0 Å². The lowest BCUT2D eigenvalue weighted by atomic mass is 10.1. The predicted molar refractivity (Wildman–Crippen MR) is 174 cm³/mol. The van der Waals surface area contributed by atoms with Crippen molar-refractivity contribution in [2.75, 3.05) is 20.2 Å². The van der Waals surface area contributed by atoms with Crippen molar-refractivity contribution < 1.29 is 42.9 Å². The van der Waals surface area contributed by atoms with Crippen molar-refractivity contribution in [3.8, 4) is 0 Å². The number of alkyl carbamates (subject to hydrolysis) is 3. The van der Waals surface area contributed by atoms with E-state index in [1.165, 1.54) is 7.11 Å². The van der Waals surface area contributed by atoms with Gasteiger partial charge in [0.05, 0.1) is 7.11 Å². The topological polar surface area (TPSA) is 170 Å². The van der Waals surface area contributed by atoms with Gasteiger partial charge >= 0.3 is 24.2 Å². The third kappa shape index (κ3) is 17.5. The van der Waals surface area contributed by atoms with E-state index in [0.717, 1.165) is 11.1 Å². The quantitative estimate of drug-likeness (QED) is 0.101. The zero-order valence-electron chi connectivity index (χ0n) is 27.7. The minimum atomic E-state index is -1.01. The summed E-state index contributed by atoms with van der Waals surface area (Å²) in [5.74, 6) is -1.22. The predicted octanol–water partition coefficient (Wildman–Crippen LogP) is 4.73.